The summed E-state index contributed by atoms with van der Waals surface area (Å²) in [6.45, 7) is 0. The van der Waals surface area contributed by atoms with E-state index in [1.807, 2.05) is 0 Å². The molecular weight excluding hydrogens is 414 g/mol. The second kappa shape index (κ2) is 6.88. The number of hydrogen-bond donors (Lipinski definition) is 1. The van der Waals surface area contributed by atoms with E-state index in [-0.39, 0.29) is 5.41 Å². The van der Waals surface area contributed by atoms with Crippen LogP contribution in [-0.4, -0.2) is 0 Å². The van der Waals surface area contributed by atoms with Gasteiger partial charge in [0.2, 0.25) is 0 Å². The monoisotopic (exact) mass is 443 g/mol. The molecule has 34 heavy (non-hydrogen) atoms. The van der Waals surface area contributed by atoms with Crippen molar-refractivity contribution in [1.29, 1.82) is 0 Å². The van der Waals surface area contributed by atoms with E-state index in [4.69, 9.17) is 4.42 Å². The van der Waals surface area contributed by atoms with E-state index in [0.29, 0.717) is 0 Å². The molecule has 4 aliphatic rings. The smallest absolute Gasteiger partial charge is 0.158 e. The summed E-state index contributed by atoms with van der Waals surface area (Å²) in [6.07, 6.45) is 8.42. The molecule has 0 atom stereocenters. The Labute approximate surface area is 200 Å². The number of nitrogens with one attached hydrogen (secondary N) is 1. The summed E-state index contributed by atoms with van der Waals surface area (Å²) < 4.78 is 6.92. The number of fused-ring (bicyclic) bond motifs is 5. The van der Waals surface area contributed by atoms with Gasteiger partial charge in [-0.1, -0.05) is 54.6 Å². The molecule has 0 spiro atoms. The van der Waals surface area contributed by atoms with Gasteiger partial charge in [-0.15, -0.1) is 0 Å². The van der Waals surface area contributed by atoms with Crippen molar-refractivity contribution in [2.45, 2.75) is 43.9 Å². The van der Waals surface area contributed by atoms with Crippen LogP contribution in [0.5, 0.6) is 0 Å². The largest absolute Gasteiger partial charge is 0.454 e. The minimum atomic E-state index is 0.290. The first-order valence-electron chi connectivity index (χ1n) is 13.0. The van der Waals surface area contributed by atoms with E-state index in [1.165, 1.54) is 65.6 Å². The molecule has 0 saturated heterocycles. The molecule has 4 aliphatic carbocycles. The number of para-hydroxylation sites is 2. The van der Waals surface area contributed by atoms with Gasteiger partial charge in [-0.25, -0.2) is 0 Å². The lowest BCUT2D eigenvalue weighted by molar-refractivity contribution is -0.00480. The summed E-state index contributed by atoms with van der Waals surface area (Å²) >= 11 is 0. The van der Waals surface area contributed by atoms with Crippen LogP contribution < -0.4 is 5.32 Å². The third kappa shape index (κ3) is 2.69. The average molecular weight is 444 g/mol. The molecule has 9 rings (SSSR count). The van der Waals surface area contributed by atoms with Gasteiger partial charge in [-0.05, 0) is 96.7 Å². The van der Waals surface area contributed by atoms with Crippen LogP contribution in [0.4, 0.5) is 11.4 Å². The Morgan fingerprint density at radius 1 is 0.676 bits per heavy atom. The number of anilines is 2. The lowest BCUT2D eigenvalue weighted by Gasteiger charge is -2.57. The Balaban J connectivity index is 1.41. The summed E-state index contributed by atoms with van der Waals surface area (Å²) in [6, 6.07) is 28.4. The van der Waals surface area contributed by atoms with Crippen LogP contribution in [0.2, 0.25) is 0 Å². The normalized spacial score (nSPS) is 27.7. The van der Waals surface area contributed by atoms with Gasteiger partial charge in [0.15, 0.2) is 5.58 Å². The van der Waals surface area contributed by atoms with E-state index in [1.54, 1.807) is 0 Å². The van der Waals surface area contributed by atoms with Gasteiger partial charge in [0, 0.05) is 22.0 Å². The molecule has 168 valence electrons. The summed E-state index contributed by atoms with van der Waals surface area (Å²) in [5, 5.41) is 8.80. The molecule has 4 fully saturated rings. The van der Waals surface area contributed by atoms with Crippen molar-refractivity contribution < 1.29 is 4.42 Å². The Morgan fingerprint density at radius 2 is 1.35 bits per heavy atom. The van der Waals surface area contributed by atoms with Crippen molar-refractivity contribution in [2.75, 3.05) is 5.32 Å². The van der Waals surface area contributed by atoms with Gasteiger partial charge in [0.05, 0.1) is 5.69 Å². The van der Waals surface area contributed by atoms with Crippen molar-refractivity contribution in [3.05, 3.63) is 84.4 Å². The number of furan rings is 1. The molecule has 0 aliphatic heterocycles. The quantitative estimate of drug-likeness (QED) is 0.301. The maximum absolute atomic E-state index is 6.92. The fraction of sp³-hybridized carbons (Fsp3) is 0.312. The highest BCUT2D eigenvalue weighted by atomic mass is 16.3. The van der Waals surface area contributed by atoms with Crippen LogP contribution in [0.25, 0.3) is 32.7 Å². The number of hydrogen-bond acceptors (Lipinski definition) is 2. The second-order valence-corrected chi connectivity index (χ2v) is 11.3. The third-order valence-corrected chi connectivity index (χ3v) is 9.15. The standard InChI is InChI=1S/C32H29NO/c1-2-8-24(9-3-1)33-28-12-6-11-26-29-25-10-5-4-7-23(25)16-27(31(29)34-30(26)28)32-17-20-13-21(18-32)15-22(14-20)19-32/h1-12,16,20-22,33H,13-15,17-19H2. The molecule has 4 aromatic carbocycles. The molecule has 1 N–H and O–H groups in total. The zero-order valence-corrected chi connectivity index (χ0v) is 19.4. The lowest BCUT2D eigenvalue weighted by Crippen LogP contribution is -2.48. The molecule has 0 radical (unpaired) electrons. The first-order chi connectivity index (χ1) is 16.8. The maximum atomic E-state index is 6.92. The minimum Gasteiger partial charge on any atom is -0.454 e. The van der Waals surface area contributed by atoms with Gasteiger partial charge in [-0.3, -0.25) is 0 Å². The minimum absolute atomic E-state index is 0.290. The molecule has 0 unspecified atom stereocenters. The number of benzene rings is 4. The molecule has 2 heteroatoms. The average Bonchev–Trinajstić information content (AvgIpc) is 3.24. The fourth-order valence-electron chi connectivity index (χ4n) is 8.26. The highest BCUT2D eigenvalue weighted by Gasteiger charge is 2.52. The summed E-state index contributed by atoms with van der Waals surface area (Å²) in [5.74, 6) is 2.73. The molecule has 2 nitrogen and oxygen atoms in total. The van der Waals surface area contributed by atoms with Gasteiger partial charge in [0.1, 0.15) is 5.58 Å². The summed E-state index contributed by atoms with van der Waals surface area (Å²) in [7, 11) is 0. The highest BCUT2D eigenvalue weighted by molar-refractivity contribution is 6.21. The number of rotatable bonds is 3. The van der Waals surface area contributed by atoms with Gasteiger partial charge < -0.3 is 9.73 Å². The van der Waals surface area contributed by atoms with Crippen molar-refractivity contribution in [1.82, 2.24) is 0 Å². The van der Waals surface area contributed by atoms with Crippen molar-refractivity contribution in [3.63, 3.8) is 0 Å². The van der Waals surface area contributed by atoms with Crippen molar-refractivity contribution >= 4 is 44.1 Å². The van der Waals surface area contributed by atoms with Gasteiger partial charge in [0.25, 0.3) is 0 Å². The van der Waals surface area contributed by atoms with Crippen molar-refractivity contribution in [3.8, 4) is 0 Å². The Bertz CT molecular complexity index is 1530. The van der Waals surface area contributed by atoms with Crippen molar-refractivity contribution in [2.24, 2.45) is 17.8 Å². The van der Waals surface area contributed by atoms with Crippen LogP contribution in [-0.2, 0) is 5.41 Å². The predicted octanol–water partition coefficient (Wildman–Crippen LogP) is 8.95. The van der Waals surface area contributed by atoms with Crippen LogP contribution in [0.1, 0.15) is 44.1 Å². The first-order valence-corrected chi connectivity index (χ1v) is 13.0. The zero-order valence-electron chi connectivity index (χ0n) is 19.4. The fourth-order valence-corrected chi connectivity index (χ4v) is 8.26. The van der Waals surface area contributed by atoms with Crippen LogP contribution >= 0.6 is 0 Å². The van der Waals surface area contributed by atoms with E-state index >= 15 is 0 Å². The summed E-state index contributed by atoms with van der Waals surface area (Å²) in [5.41, 5.74) is 6.02. The van der Waals surface area contributed by atoms with Gasteiger partial charge in [-0.2, -0.15) is 0 Å². The first kappa shape index (κ1) is 19.1. The van der Waals surface area contributed by atoms with Gasteiger partial charge >= 0.3 is 0 Å². The Morgan fingerprint density at radius 3 is 2.12 bits per heavy atom. The van der Waals surface area contributed by atoms with Crippen LogP contribution in [0, 0.1) is 17.8 Å². The Kier molecular flexibility index (Phi) is 3.86. The zero-order chi connectivity index (χ0) is 22.3. The molecular formula is C32H29NO. The van der Waals surface area contributed by atoms with E-state index in [0.717, 1.165) is 40.3 Å². The molecule has 0 amide bonds. The van der Waals surface area contributed by atoms with E-state index < -0.39 is 0 Å². The third-order valence-electron chi connectivity index (χ3n) is 9.15. The molecule has 4 saturated carbocycles. The lowest BCUT2D eigenvalue weighted by atomic mass is 9.48. The van der Waals surface area contributed by atoms with Crippen LogP contribution in [0.3, 0.4) is 0 Å². The van der Waals surface area contributed by atoms with E-state index in [2.05, 4.69) is 84.2 Å². The van der Waals surface area contributed by atoms with E-state index in [9.17, 15) is 0 Å². The SMILES string of the molecule is c1ccc(Nc2cccc3c2oc2c(C45CC6CC(CC(C6)C4)C5)cc4ccccc4c23)cc1. The molecule has 5 aromatic rings. The predicted molar refractivity (Wildman–Crippen MR) is 141 cm³/mol. The second-order valence-electron chi connectivity index (χ2n) is 11.3. The Hall–Kier alpha value is -3.26. The molecule has 1 aromatic heterocycles. The van der Waals surface area contributed by atoms with Crippen LogP contribution in [0.15, 0.2) is 83.3 Å². The molecule has 4 bridgehead atoms. The topological polar surface area (TPSA) is 25.2 Å². The highest BCUT2D eigenvalue weighted by Crippen LogP contribution is 2.62. The summed E-state index contributed by atoms with van der Waals surface area (Å²) in [4.78, 5) is 0. The molecule has 1 heterocycles. The maximum Gasteiger partial charge on any atom is 0.158 e.